The summed E-state index contributed by atoms with van der Waals surface area (Å²) in [5.74, 6) is -57.3. The van der Waals surface area contributed by atoms with Crippen molar-refractivity contribution in [3.8, 4) is 0 Å². The minimum absolute atomic E-state index is 1.17. The summed E-state index contributed by atoms with van der Waals surface area (Å²) in [6.07, 6.45) is 0. The fourth-order valence-electron chi connectivity index (χ4n) is 1.20. The molecule has 150 valence electrons. The van der Waals surface area contributed by atoms with Crippen molar-refractivity contribution >= 4 is 5.97 Å². The average molecular weight is 410 g/mol. The van der Waals surface area contributed by atoms with Gasteiger partial charge in [-0.3, -0.25) is 0 Å². The van der Waals surface area contributed by atoms with E-state index in [2.05, 4.69) is 0 Å². The lowest BCUT2D eigenvalue weighted by atomic mass is 9.89. The predicted octanol–water partition coefficient (Wildman–Crippen LogP) is 4.54. The molecule has 0 aliphatic heterocycles. The zero-order valence-corrected chi connectivity index (χ0v) is 11.1. The zero-order chi connectivity index (χ0) is 21.1. The van der Waals surface area contributed by atoms with E-state index in [0.717, 1.165) is 0 Å². The highest BCUT2D eigenvalue weighted by Crippen LogP contribution is 2.62. The van der Waals surface area contributed by atoms with E-state index in [1.54, 1.807) is 0 Å². The van der Waals surface area contributed by atoms with Gasteiger partial charge < -0.3 is 5.11 Å². The summed E-state index contributed by atoms with van der Waals surface area (Å²) in [7, 11) is 0. The van der Waals surface area contributed by atoms with Crippen LogP contribution in [0.2, 0.25) is 0 Å². The molecule has 0 spiro atoms. The molecule has 0 amide bonds. The van der Waals surface area contributed by atoms with Gasteiger partial charge in [-0.25, -0.2) is 4.79 Å². The first kappa shape index (κ1) is 23.5. The topological polar surface area (TPSA) is 37.3 Å². The molecule has 0 saturated heterocycles. The van der Waals surface area contributed by atoms with Crippen LogP contribution >= 0.6 is 0 Å². The maximum absolute atomic E-state index is 13.0. The molecule has 0 fully saturated rings. The van der Waals surface area contributed by atoms with Gasteiger partial charge in [0.2, 0.25) is 0 Å². The molecule has 0 aromatic heterocycles. The standard InChI is InChI=1S/C9H4F14O2/c1-3(10,11)5(14,15)7(18,19)9(22,23)8(20,21)6(16,17)4(12,13)2(24)25/h1H3,(H,24,25). The molecule has 0 aromatic rings. The van der Waals surface area contributed by atoms with Crippen molar-refractivity contribution < 1.29 is 71.4 Å². The van der Waals surface area contributed by atoms with Crippen LogP contribution in [0.15, 0.2) is 0 Å². The van der Waals surface area contributed by atoms with Crippen molar-refractivity contribution in [2.75, 3.05) is 0 Å². The molecule has 0 rings (SSSR count). The lowest BCUT2D eigenvalue weighted by molar-refractivity contribution is -0.437. The largest absolute Gasteiger partial charge is 0.477 e. The average Bonchev–Trinajstić information content (AvgIpc) is 2.35. The minimum Gasteiger partial charge on any atom is -0.477 e. The third kappa shape index (κ3) is 2.76. The van der Waals surface area contributed by atoms with Gasteiger partial charge in [-0.2, -0.15) is 61.5 Å². The molecule has 0 aliphatic rings. The van der Waals surface area contributed by atoms with E-state index in [9.17, 15) is 66.3 Å². The zero-order valence-electron chi connectivity index (χ0n) is 11.1. The van der Waals surface area contributed by atoms with Gasteiger partial charge >= 0.3 is 47.4 Å². The van der Waals surface area contributed by atoms with E-state index >= 15 is 0 Å². The van der Waals surface area contributed by atoms with Crippen molar-refractivity contribution in [1.82, 2.24) is 0 Å². The number of hydrogen-bond acceptors (Lipinski definition) is 1. The number of hydrogen-bond donors (Lipinski definition) is 1. The second kappa shape index (κ2) is 5.49. The third-order valence-corrected chi connectivity index (χ3v) is 2.79. The quantitative estimate of drug-likeness (QED) is 0.626. The summed E-state index contributed by atoms with van der Waals surface area (Å²) in [6, 6.07) is 0. The minimum atomic E-state index is -8.23. The summed E-state index contributed by atoms with van der Waals surface area (Å²) < 4.78 is 178. The van der Waals surface area contributed by atoms with Gasteiger partial charge in [0.05, 0.1) is 0 Å². The van der Waals surface area contributed by atoms with Gasteiger partial charge in [0.15, 0.2) is 0 Å². The van der Waals surface area contributed by atoms with Crippen molar-refractivity contribution in [2.24, 2.45) is 0 Å². The molecule has 25 heavy (non-hydrogen) atoms. The Balaban J connectivity index is 6.55. The number of carbonyl (C=O) groups is 1. The summed E-state index contributed by atoms with van der Waals surface area (Å²) >= 11 is 0. The van der Waals surface area contributed by atoms with Gasteiger partial charge in [-0.05, 0) is 0 Å². The number of aliphatic carboxylic acids is 1. The van der Waals surface area contributed by atoms with Crippen LogP contribution < -0.4 is 0 Å². The second-order valence-electron chi connectivity index (χ2n) is 4.64. The van der Waals surface area contributed by atoms with E-state index in [4.69, 9.17) is 5.11 Å². The molecule has 0 atom stereocenters. The Bertz CT molecular complexity index is 531. The Morgan fingerprint density at radius 3 is 1.04 bits per heavy atom. The van der Waals surface area contributed by atoms with Crippen LogP contribution in [0.1, 0.15) is 6.92 Å². The molecule has 0 aliphatic carbocycles. The molecule has 1 N–H and O–H groups in total. The third-order valence-electron chi connectivity index (χ3n) is 2.79. The van der Waals surface area contributed by atoms with Gasteiger partial charge in [0, 0.05) is 6.92 Å². The van der Waals surface area contributed by atoms with Crippen molar-refractivity contribution in [3.63, 3.8) is 0 Å². The van der Waals surface area contributed by atoms with Crippen LogP contribution in [0.4, 0.5) is 61.5 Å². The van der Waals surface area contributed by atoms with E-state index in [1.165, 1.54) is 0 Å². The van der Waals surface area contributed by atoms with Crippen LogP contribution in [-0.2, 0) is 4.79 Å². The summed E-state index contributed by atoms with van der Waals surface area (Å²) in [4.78, 5) is 9.78. The number of halogens is 14. The molecule has 0 bridgehead atoms. The van der Waals surface area contributed by atoms with Gasteiger partial charge in [0.25, 0.3) is 0 Å². The normalized spacial score (nSPS) is 16.1. The Morgan fingerprint density at radius 1 is 0.560 bits per heavy atom. The van der Waals surface area contributed by atoms with E-state index < -0.39 is 54.4 Å². The van der Waals surface area contributed by atoms with Gasteiger partial charge in [-0.15, -0.1) is 0 Å². The molecule has 0 aromatic carbocycles. The lowest BCUT2D eigenvalue weighted by Gasteiger charge is -2.41. The van der Waals surface area contributed by atoms with Crippen LogP contribution in [0.3, 0.4) is 0 Å². The van der Waals surface area contributed by atoms with Crippen molar-refractivity contribution in [1.29, 1.82) is 0 Å². The number of rotatable bonds is 7. The molecule has 2 nitrogen and oxygen atoms in total. The SMILES string of the molecule is CC(F)(F)C(F)(F)C(F)(F)C(F)(F)C(F)(F)C(F)(F)C(F)(F)C(=O)O. The maximum atomic E-state index is 13.0. The monoisotopic (exact) mass is 410 g/mol. The lowest BCUT2D eigenvalue weighted by Crippen LogP contribution is -2.73. The molecular weight excluding hydrogens is 406 g/mol. The van der Waals surface area contributed by atoms with E-state index in [1.807, 2.05) is 0 Å². The Kier molecular flexibility index (Phi) is 5.16. The molecule has 0 radical (unpaired) electrons. The van der Waals surface area contributed by atoms with Crippen molar-refractivity contribution in [3.05, 3.63) is 0 Å². The summed E-state index contributed by atoms with van der Waals surface area (Å²) in [5.41, 5.74) is 0. The number of carboxylic acids is 1. The van der Waals surface area contributed by atoms with Crippen LogP contribution in [0.25, 0.3) is 0 Å². The first-order valence-electron chi connectivity index (χ1n) is 5.32. The highest BCUT2D eigenvalue weighted by atomic mass is 19.4. The molecule has 0 heterocycles. The van der Waals surface area contributed by atoms with Crippen molar-refractivity contribution in [2.45, 2.75) is 48.4 Å². The van der Waals surface area contributed by atoms with E-state index in [0.29, 0.717) is 0 Å². The molecule has 0 unspecified atom stereocenters. The Labute approximate surface area is 127 Å². The summed E-state index contributed by atoms with van der Waals surface area (Å²) in [6.45, 7) is -1.17. The molecular formula is C9H4F14O2. The second-order valence-corrected chi connectivity index (χ2v) is 4.64. The van der Waals surface area contributed by atoms with Crippen LogP contribution in [0.5, 0.6) is 0 Å². The van der Waals surface area contributed by atoms with Crippen LogP contribution in [-0.4, -0.2) is 52.5 Å². The first-order valence-corrected chi connectivity index (χ1v) is 5.32. The highest BCUT2D eigenvalue weighted by Gasteiger charge is 2.93. The van der Waals surface area contributed by atoms with Crippen LogP contribution in [0, 0.1) is 0 Å². The first-order chi connectivity index (χ1) is 10.4. The number of alkyl halides is 14. The Hall–Kier alpha value is -1.51. The predicted molar refractivity (Wildman–Crippen MR) is 47.9 cm³/mol. The Morgan fingerprint density at radius 2 is 0.800 bits per heavy atom. The van der Waals surface area contributed by atoms with Gasteiger partial charge in [-0.1, -0.05) is 0 Å². The number of carboxylic acid groups (broad SMARTS) is 1. The maximum Gasteiger partial charge on any atom is 0.410 e. The summed E-state index contributed by atoms with van der Waals surface area (Å²) in [5, 5.41) is 7.63. The molecule has 16 heteroatoms. The smallest absolute Gasteiger partial charge is 0.410 e. The molecule has 0 saturated carbocycles. The van der Waals surface area contributed by atoms with E-state index in [-0.39, 0.29) is 0 Å². The fourth-order valence-corrected chi connectivity index (χ4v) is 1.20. The van der Waals surface area contributed by atoms with Gasteiger partial charge in [0.1, 0.15) is 0 Å². The highest BCUT2D eigenvalue weighted by molar-refractivity contribution is 5.77. The fraction of sp³-hybridized carbons (Fsp3) is 0.889.